The second-order valence-corrected chi connectivity index (χ2v) is 13.1. The number of rotatable bonds is 4. The number of hydrogen-bond acceptors (Lipinski definition) is 1. The zero-order valence-corrected chi connectivity index (χ0v) is 22.5. The van der Waals surface area contributed by atoms with Crippen LogP contribution in [0.3, 0.4) is 0 Å². The SMILES string of the molecule is C=C(/C=C1\C(C)CCC2(C)CCC(CCC)CC12N)C1CCCC(C)CC(C)CCC1C. The highest BCUT2D eigenvalue weighted by atomic mass is 14.8. The molecule has 0 saturated heterocycles. The summed E-state index contributed by atoms with van der Waals surface area (Å²) < 4.78 is 0. The third kappa shape index (κ3) is 5.56. The van der Waals surface area contributed by atoms with E-state index in [4.69, 9.17) is 12.3 Å². The van der Waals surface area contributed by atoms with Crippen LogP contribution in [0.4, 0.5) is 0 Å². The highest BCUT2D eigenvalue weighted by Gasteiger charge is 2.54. The second kappa shape index (κ2) is 10.8. The molecule has 0 aliphatic heterocycles. The lowest BCUT2D eigenvalue weighted by atomic mass is 9.50. The van der Waals surface area contributed by atoms with Crippen LogP contribution in [-0.2, 0) is 0 Å². The smallest absolute Gasteiger partial charge is 0.0431 e. The van der Waals surface area contributed by atoms with Crippen molar-refractivity contribution in [3.63, 3.8) is 0 Å². The molecule has 3 aliphatic rings. The molecule has 0 aromatic carbocycles. The van der Waals surface area contributed by atoms with Crippen molar-refractivity contribution in [2.45, 2.75) is 131 Å². The van der Waals surface area contributed by atoms with Gasteiger partial charge in [-0.3, -0.25) is 0 Å². The summed E-state index contributed by atoms with van der Waals surface area (Å²) in [5, 5.41) is 0. The maximum atomic E-state index is 7.49. The summed E-state index contributed by atoms with van der Waals surface area (Å²) in [6.07, 6.45) is 19.8. The number of allylic oxidation sites excluding steroid dienone is 2. The van der Waals surface area contributed by atoms with Crippen molar-refractivity contribution >= 4 is 0 Å². The number of fused-ring (bicyclic) bond motifs is 1. The van der Waals surface area contributed by atoms with Gasteiger partial charge in [0.25, 0.3) is 0 Å². The number of nitrogens with two attached hydrogens (primary N) is 1. The summed E-state index contributed by atoms with van der Waals surface area (Å²) >= 11 is 0. The molecular weight excluding hydrogens is 386 g/mol. The van der Waals surface area contributed by atoms with Crippen molar-refractivity contribution in [1.82, 2.24) is 0 Å². The lowest BCUT2D eigenvalue weighted by Gasteiger charge is -2.58. The molecule has 3 saturated carbocycles. The Hall–Kier alpha value is -0.560. The van der Waals surface area contributed by atoms with Crippen LogP contribution >= 0.6 is 0 Å². The van der Waals surface area contributed by atoms with Crippen molar-refractivity contribution in [3.05, 3.63) is 23.8 Å². The van der Waals surface area contributed by atoms with E-state index in [0.717, 1.165) is 23.7 Å². The quantitative estimate of drug-likeness (QED) is 0.462. The van der Waals surface area contributed by atoms with Crippen LogP contribution in [0.5, 0.6) is 0 Å². The first-order chi connectivity index (χ1) is 15.1. The highest BCUT2D eigenvalue weighted by molar-refractivity contribution is 5.37. The second-order valence-electron chi connectivity index (χ2n) is 13.1. The third-order valence-electron chi connectivity index (χ3n) is 10.3. The van der Waals surface area contributed by atoms with E-state index >= 15 is 0 Å². The van der Waals surface area contributed by atoms with Gasteiger partial charge in [-0.25, -0.2) is 0 Å². The standard InChI is InChI=1S/C31H55N/c1-8-10-27-16-18-30(7)17-15-25(5)29(31(30,32)21-27)20-26(6)28-12-9-11-22(2)19-23(3)13-14-24(28)4/h20,22-25,27-28H,6,8-19,21,32H2,1-5,7H3/b29-20+. The van der Waals surface area contributed by atoms with Gasteiger partial charge >= 0.3 is 0 Å². The van der Waals surface area contributed by atoms with Gasteiger partial charge in [0.15, 0.2) is 0 Å². The van der Waals surface area contributed by atoms with E-state index in [1.807, 2.05) is 0 Å². The van der Waals surface area contributed by atoms with Crippen LogP contribution in [0.25, 0.3) is 0 Å². The van der Waals surface area contributed by atoms with Gasteiger partial charge < -0.3 is 5.73 Å². The van der Waals surface area contributed by atoms with E-state index in [1.165, 1.54) is 89.0 Å². The molecular formula is C31H55N. The van der Waals surface area contributed by atoms with Gasteiger partial charge in [-0.1, -0.05) is 91.9 Å². The zero-order chi connectivity index (χ0) is 23.5. The van der Waals surface area contributed by atoms with Gasteiger partial charge in [-0.2, -0.15) is 0 Å². The van der Waals surface area contributed by atoms with Crippen molar-refractivity contribution in [2.75, 3.05) is 0 Å². The number of hydrogen-bond donors (Lipinski definition) is 1. The molecule has 184 valence electrons. The van der Waals surface area contributed by atoms with Gasteiger partial charge in [-0.05, 0) is 97.9 Å². The predicted octanol–water partition coefficient (Wildman–Crippen LogP) is 9.08. The molecule has 0 aromatic heterocycles. The maximum Gasteiger partial charge on any atom is 0.0431 e. The van der Waals surface area contributed by atoms with Crippen LogP contribution in [0.2, 0.25) is 0 Å². The van der Waals surface area contributed by atoms with Gasteiger partial charge in [0.1, 0.15) is 0 Å². The molecule has 0 heterocycles. The van der Waals surface area contributed by atoms with E-state index < -0.39 is 0 Å². The molecule has 1 heteroatoms. The highest BCUT2D eigenvalue weighted by Crippen LogP contribution is 2.57. The Morgan fingerprint density at radius 1 is 1.00 bits per heavy atom. The van der Waals surface area contributed by atoms with Crippen LogP contribution in [0.15, 0.2) is 23.8 Å². The minimum Gasteiger partial charge on any atom is -0.321 e. The van der Waals surface area contributed by atoms with Gasteiger partial charge in [0.2, 0.25) is 0 Å². The van der Waals surface area contributed by atoms with E-state index in [2.05, 4.69) is 47.6 Å². The fourth-order valence-electron chi connectivity index (χ4n) is 7.92. The third-order valence-corrected chi connectivity index (χ3v) is 10.3. The summed E-state index contributed by atoms with van der Waals surface area (Å²) in [5.41, 5.74) is 10.6. The molecule has 1 nitrogen and oxygen atoms in total. The largest absolute Gasteiger partial charge is 0.321 e. The lowest BCUT2D eigenvalue weighted by Crippen LogP contribution is -2.62. The first kappa shape index (κ1) is 26.1. The molecule has 0 spiro atoms. The normalized spacial score (nSPS) is 45.3. The molecule has 3 fully saturated rings. The minimum atomic E-state index is -0.131. The van der Waals surface area contributed by atoms with Crippen LogP contribution in [-0.4, -0.2) is 5.54 Å². The maximum absolute atomic E-state index is 7.49. The molecule has 0 amide bonds. The molecule has 0 aromatic rings. The topological polar surface area (TPSA) is 26.0 Å². The molecule has 3 rings (SSSR count). The molecule has 3 aliphatic carbocycles. The van der Waals surface area contributed by atoms with Crippen molar-refractivity contribution in [2.24, 2.45) is 46.7 Å². The van der Waals surface area contributed by atoms with Crippen molar-refractivity contribution in [3.8, 4) is 0 Å². The van der Waals surface area contributed by atoms with Gasteiger partial charge in [0, 0.05) is 5.54 Å². The van der Waals surface area contributed by atoms with Crippen molar-refractivity contribution in [1.29, 1.82) is 0 Å². The Balaban J connectivity index is 1.86. The summed E-state index contributed by atoms with van der Waals surface area (Å²) in [5.74, 6) is 4.49. The minimum absolute atomic E-state index is 0.131. The average Bonchev–Trinajstić information content (AvgIpc) is 2.73. The summed E-state index contributed by atoms with van der Waals surface area (Å²) in [6.45, 7) is 19.4. The molecule has 8 unspecified atom stereocenters. The average molecular weight is 442 g/mol. The Labute approximate surface area is 201 Å². The monoisotopic (exact) mass is 441 g/mol. The zero-order valence-electron chi connectivity index (χ0n) is 22.5. The summed E-state index contributed by atoms with van der Waals surface area (Å²) in [7, 11) is 0. The molecule has 0 bridgehead atoms. The Morgan fingerprint density at radius 2 is 1.69 bits per heavy atom. The fourth-order valence-corrected chi connectivity index (χ4v) is 7.92. The fraction of sp³-hybridized carbons (Fsp3) is 0.871. The first-order valence-corrected chi connectivity index (χ1v) is 14.3. The van der Waals surface area contributed by atoms with E-state index in [-0.39, 0.29) is 11.0 Å². The van der Waals surface area contributed by atoms with Crippen LogP contribution < -0.4 is 5.73 Å². The van der Waals surface area contributed by atoms with Gasteiger partial charge in [0.05, 0.1) is 0 Å². The molecule has 8 atom stereocenters. The van der Waals surface area contributed by atoms with Crippen LogP contribution in [0.1, 0.15) is 125 Å². The summed E-state index contributed by atoms with van der Waals surface area (Å²) in [6, 6.07) is 0. The Kier molecular flexibility index (Phi) is 8.79. The Bertz CT molecular complexity index is 661. The molecule has 0 radical (unpaired) electrons. The van der Waals surface area contributed by atoms with E-state index in [0.29, 0.717) is 11.8 Å². The first-order valence-electron chi connectivity index (χ1n) is 14.3. The van der Waals surface area contributed by atoms with Crippen molar-refractivity contribution < 1.29 is 0 Å². The molecule has 2 N–H and O–H groups in total. The lowest BCUT2D eigenvalue weighted by molar-refractivity contribution is 0.0302. The van der Waals surface area contributed by atoms with E-state index in [1.54, 1.807) is 5.57 Å². The Morgan fingerprint density at radius 3 is 2.41 bits per heavy atom. The van der Waals surface area contributed by atoms with Gasteiger partial charge in [-0.15, -0.1) is 0 Å². The molecule has 32 heavy (non-hydrogen) atoms. The predicted molar refractivity (Wildman–Crippen MR) is 142 cm³/mol. The van der Waals surface area contributed by atoms with E-state index in [9.17, 15) is 0 Å². The summed E-state index contributed by atoms with van der Waals surface area (Å²) in [4.78, 5) is 0. The van der Waals surface area contributed by atoms with Crippen LogP contribution in [0, 0.1) is 40.9 Å².